The summed E-state index contributed by atoms with van der Waals surface area (Å²) in [4.78, 5) is 36.7. The van der Waals surface area contributed by atoms with Gasteiger partial charge in [0.2, 0.25) is 11.8 Å². The quantitative estimate of drug-likeness (QED) is 0.757. The van der Waals surface area contributed by atoms with Crippen molar-refractivity contribution >= 4 is 29.5 Å². The highest BCUT2D eigenvalue weighted by molar-refractivity contribution is 5.88. The summed E-state index contributed by atoms with van der Waals surface area (Å²) in [5, 5.41) is 5.76. The van der Waals surface area contributed by atoms with Crippen molar-refractivity contribution in [2.45, 2.75) is 26.3 Å². The Balaban J connectivity index is 1.48. The molecule has 2 amide bonds. The summed E-state index contributed by atoms with van der Waals surface area (Å²) in [5.74, 6) is -0.0429. The number of carbonyl (C=O) groups excluding carboxylic acids is 3. The minimum atomic E-state index is -0.117. The molecule has 146 valence electrons. The summed E-state index contributed by atoms with van der Waals surface area (Å²) >= 11 is 0. The molecule has 28 heavy (non-hydrogen) atoms. The molecule has 1 heterocycles. The molecule has 1 aliphatic heterocycles. The van der Waals surface area contributed by atoms with Crippen LogP contribution in [0.25, 0.3) is 0 Å². The lowest BCUT2D eigenvalue weighted by molar-refractivity contribution is -0.125. The number of hydrogen-bond donors (Lipinski definition) is 2. The summed E-state index contributed by atoms with van der Waals surface area (Å²) in [6.07, 6.45) is 2.44. The Morgan fingerprint density at radius 3 is 2.46 bits per heavy atom. The summed E-state index contributed by atoms with van der Waals surface area (Å²) in [5.41, 5.74) is 3.43. The zero-order valence-corrected chi connectivity index (χ0v) is 16.0. The minimum Gasteiger partial charge on any atom is -0.371 e. The molecule has 1 fully saturated rings. The van der Waals surface area contributed by atoms with Gasteiger partial charge >= 0.3 is 0 Å². The molecule has 0 saturated carbocycles. The summed E-state index contributed by atoms with van der Waals surface area (Å²) in [6.45, 7) is 3.55. The molecule has 6 nitrogen and oxygen atoms in total. The van der Waals surface area contributed by atoms with Gasteiger partial charge in [0.25, 0.3) is 0 Å². The van der Waals surface area contributed by atoms with Gasteiger partial charge in [0.15, 0.2) is 0 Å². The van der Waals surface area contributed by atoms with Crippen LogP contribution in [0.2, 0.25) is 0 Å². The molecule has 2 N–H and O–H groups in total. The van der Waals surface area contributed by atoms with Crippen LogP contribution in [0.3, 0.4) is 0 Å². The molecule has 1 aliphatic rings. The highest BCUT2D eigenvalue weighted by atomic mass is 16.2. The van der Waals surface area contributed by atoms with Crippen molar-refractivity contribution in [1.29, 1.82) is 0 Å². The fourth-order valence-electron chi connectivity index (χ4n) is 3.46. The second kappa shape index (κ2) is 9.17. The number of carbonyl (C=O) groups is 3. The van der Waals surface area contributed by atoms with E-state index in [4.69, 9.17) is 0 Å². The minimum absolute atomic E-state index is 0.00373. The van der Waals surface area contributed by atoms with E-state index >= 15 is 0 Å². The fourth-order valence-corrected chi connectivity index (χ4v) is 3.46. The smallest absolute Gasteiger partial charge is 0.223 e. The van der Waals surface area contributed by atoms with E-state index in [0.29, 0.717) is 12.1 Å². The van der Waals surface area contributed by atoms with Gasteiger partial charge in [-0.05, 0) is 54.8 Å². The Bertz CT molecular complexity index is 840. The molecule has 2 aromatic rings. The van der Waals surface area contributed by atoms with Crippen LogP contribution in [0, 0.1) is 5.92 Å². The van der Waals surface area contributed by atoms with E-state index in [1.807, 2.05) is 48.5 Å². The van der Waals surface area contributed by atoms with Gasteiger partial charge in [-0.25, -0.2) is 0 Å². The molecular weight excluding hydrogens is 354 g/mol. The van der Waals surface area contributed by atoms with E-state index in [0.717, 1.165) is 49.2 Å². The second-order valence-electron chi connectivity index (χ2n) is 7.07. The molecule has 0 aromatic heterocycles. The summed E-state index contributed by atoms with van der Waals surface area (Å²) in [7, 11) is 0. The van der Waals surface area contributed by atoms with Crippen LogP contribution in [-0.4, -0.2) is 31.2 Å². The first-order chi connectivity index (χ1) is 13.5. The van der Waals surface area contributed by atoms with Gasteiger partial charge in [0.05, 0.1) is 0 Å². The van der Waals surface area contributed by atoms with Gasteiger partial charge in [-0.15, -0.1) is 0 Å². The fraction of sp³-hybridized carbons (Fsp3) is 0.318. The van der Waals surface area contributed by atoms with Gasteiger partial charge < -0.3 is 15.5 Å². The summed E-state index contributed by atoms with van der Waals surface area (Å²) in [6, 6.07) is 15.0. The number of benzene rings is 2. The molecule has 6 heteroatoms. The SMILES string of the molecule is CC(=O)Nc1cccc(CNC(=O)C2CCN(c3ccc(C=O)cc3)CC2)c1. The lowest BCUT2D eigenvalue weighted by Gasteiger charge is -2.33. The highest BCUT2D eigenvalue weighted by Gasteiger charge is 2.24. The number of aldehydes is 1. The lowest BCUT2D eigenvalue weighted by Crippen LogP contribution is -2.40. The van der Waals surface area contributed by atoms with Crippen molar-refractivity contribution in [3.05, 3.63) is 59.7 Å². The van der Waals surface area contributed by atoms with Crippen molar-refractivity contribution in [2.75, 3.05) is 23.3 Å². The molecule has 0 bridgehead atoms. The maximum Gasteiger partial charge on any atom is 0.223 e. The Morgan fingerprint density at radius 2 is 1.82 bits per heavy atom. The van der Waals surface area contributed by atoms with Gasteiger partial charge in [0.1, 0.15) is 6.29 Å². The maximum absolute atomic E-state index is 12.5. The van der Waals surface area contributed by atoms with Gasteiger partial charge in [-0.1, -0.05) is 12.1 Å². The van der Waals surface area contributed by atoms with E-state index in [2.05, 4.69) is 15.5 Å². The van der Waals surface area contributed by atoms with Crippen LogP contribution in [-0.2, 0) is 16.1 Å². The maximum atomic E-state index is 12.5. The Labute approximate surface area is 164 Å². The van der Waals surface area contributed by atoms with Crippen LogP contribution in [0.15, 0.2) is 48.5 Å². The standard InChI is InChI=1S/C22H25N3O3/c1-16(27)24-20-4-2-3-18(13-20)14-23-22(28)19-9-11-25(12-10-19)21-7-5-17(15-26)6-8-21/h2-8,13,15,19H,9-12,14H2,1H3,(H,23,28)(H,24,27). The number of anilines is 2. The van der Waals surface area contributed by atoms with E-state index in [-0.39, 0.29) is 17.7 Å². The third-order valence-corrected chi connectivity index (χ3v) is 4.97. The number of nitrogens with one attached hydrogen (secondary N) is 2. The molecule has 0 unspecified atom stereocenters. The van der Waals surface area contributed by atoms with Crippen LogP contribution in [0.5, 0.6) is 0 Å². The Hall–Kier alpha value is -3.15. The average molecular weight is 379 g/mol. The van der Waals surface area contributed by atoms with Crippen LogP contribution >= 0.6 is 0 Å². The molecule has 3 rings (SSSR count). The van der Waals surface area contributed by atoms with Crippen molar-refractivity contribution in [3.63, 3.8) is 0 Å². The summed E-state index contributed by atoms with van der Waals surface area (Å²) < 4.78 is 0. The molecule has 0 atom stereocenters. The Morgan fingerprint density at radius 1 is 1.11 bits per heavy atom. The highest BCUT2D eigenvalue weighted by Crippen LogP contribution is 2.23. The lowest BCUT2D eigenvalue weighted by atomic mass is 9.95. The van der Waals surface area contributed by atoms with E-state index in [9.17, 15) is 14.4 Å². The van der Waals surface area contributed by atoms with Gasteiger partial charge in [-0.2, -0.15) is 0 Å². The molecular formula is C22H25N3O3. The molecule has 1 saturated heterocycles. The predicted octanol–water partition coefficient (Wildman–Crippen LogP) is 2.99. The Kier molecular flexibility index (Phi) is 6.42. The van der Waals surface area contributed by atoms with Crippen molar-refractivity contribution in [2.24, 2.45) is 5.92 Å². The van der Waals surface area contributed by atoms with E-state index in [1.165, 1.54) is 6.92 Å². The monoisotopic (exact) mass is 379 g/mol. The third-order valence-electron chi connectivity index (χ3n) is 4.97. The predicted molar refractivity (Wildman–Crippen MR) is 109 cm³/mol. The topological polar surface area (TPSA) is 78.5 Å². The van der Waals surface area contributed by atoms with Crippen LogP contribution in [0.4, 0.5) is 11.4 Å². The first-order valence-corrected chi connectivity index (χ1v) is 9.49. The zero-order chi connectivity index (χ0) is 19.9. The number of piperidine rings is 1. The first-order valence-electron chi connectivity index (χ1n) is 9.49. The third kappa shape index (κ3) is 5.19. The molecule has 0 radical (unpaired) electrons. The van der Waals surface area contributed by atoms with Crippen molar-refractivity contribution in [3.8, 4) is 0 Å². The van der Waals surface area contributed by atoms with Crippen LogP contribution < -0.4 is 15.5 Å². The number of hydrogen-bond acceptors (Lipinski definition) is 4. The number of amides is 2. The average Bonchev–Trinajstić information content (AvgIpc) is 2.72. The van der Waals surface area contributed by atoms with Crippen molar-refractivity contribution in [1.82, 2.24) is 5.32 Å². The van der Waals surface area contributed by atoms with E-state index < -0.39 is 0 Å². The first kappa shape index (κ1) is 19.6. The number of nitrogens with zero attached hydrogens (tertiary/aromatic N) is 1. The largest absolute Gasteiger partial charge is 0.371 e. The normalized spacial score (nSPS) is 14.4. The number of rotatable bonds is 6. The van der Waals surface area contributed by atoms with E-state index in [1.54, 1.807) is 0 Å². The van der Waals surface area contributed by atoms with Gasteiger partial charge in [-0.3, -0.25) is 14.4 Å². The van der Waals surface area contributed by atoms with Crippen molar-refractivity contribution < 1.29 is 14.4 Å². The van der Waals surface area contributed by atoms with Crippen LogP contribution in [0.1, 0.15) is 35.7 Å². The second-order valence-corrected chi connectivity index (χ2v) is 7.07. The molecule has 2 aromatic carbocycles. The zero-order valence-electron chi connectivity index (χ0n) is 16.0. The molecule has 0 aliphatic carbocycles. The molecule has 0 spiro atoms. The van der Waals surface area contributed by atoms with Gasteiger partial charge in [0, 0.05) is 49.4 Å².